The van der Waals surface area contributed by atoms with Gasteiger partial charge in [-0.25, -0.2) is 0 Å². The summed E-state index contributed by atoms with van der Waals surface area (Å²) >= 11 is 5.32. The first kappa shape index (κ1) is 13.7. The highest BCUT2D eigenvalue weighted by molar-refractivity contribution is 9.11. The largest absolute Gasteiger partial charge is 0.310 e. The van der Waals surface area contributed by atoms with E-state index in [-0.39, 0.29) is 0 Å². The SMILES string of the molecule is CCNC(Cc1ccc(Br)s1)c1ccncc1C. The zero-order valence-electron chi connectivity index (χ0n) is 10.6. The average molecular weight is 325 g/mol. The molecule has 2 rings (SSSR count). The average Bonchev–Trinajstić information content (AvgIpc) is 2.75. The summed E-state index contributed by atoms with van der Waals surface area (Å²) in [6, 6.07) is 6.78. The van der Waals surface area contributed by atoms with Crippen molar-refractivity contribution >= 4 is 27.3 Å². The van der Waals surface area contributed by atoms with Crippen molar-refractivity contribution in [1.29, 1.82) is 0 Å². The topological polar surface area (TPSA) is 24.9 Å². The molecule has 96 valence electrons. The van der Waals surface area contributed by atoms with Gasteiger partial charge in [0.15, 0.2) is 0 Å². The summed E-state index contributed by atoms with van der Waals surface area (Å²) < 4.78 is 1.19. The second-order valence-electron chi connectivity index (χ2n) is 4.25. The highest BCUT2D eigenvalue weighted by Gasteiger charge is 2.14. The number of likely N-dealkylation sites (N-methyl/N-ethyl adjacent to an activating group) is 1. The summed E-state index contributed by atoms with van der Waals surface area (Å²) in [5.41, 5.74) is 2.59. The number of thiophene rings is 1. The maximum atomic E-state index is 4.17. The second-order valence-corrected chi connectivity index (χ2v) is 6.80. The Balaban J connectivity index is 2.20. The maximum Gasteiger partial charge on any atom is 0.0701 e. The number of pyridine rings is 1. The minimum Gasteiger partial charge on any atom is -0.310 e. The number of nitrogens with zero attached hydrogens (tertiary/aromatic N) is 1. The Hall–Kier alpha value is -0.710. The van der Waals surface area contributed by atoms with Crippen LogP contribution < -0.4 is 5.32 Å². The lowest BCUT2D eigenvalue weighted by Crippen LogP contribution is -2.23. The van der Waals surface area contributed by atoms with Crippen LogP contribution in [-0.2, 0) is 6.42 Å². The molecule has 18 heavy (non-hydrogen) atoms. The lowest BCUT2D eigenvalue weighted by Gasteiger charge is -2.19. The number of nitrogens with one attached hydrogen (secondary N) is 1. The summed E-state index contributed by atoms with van der Waals surface area (Å²) in [6.07, 6.45) is 4.83. The number of hydrogen-bond acceptors (Lipinski definition) is 3. The number of halogens is 1. The van der Waals surface area contributed by atoms with Crippen molar-refractivity contribution in [2.75, 3.05) is 6.54 Å². The Morgan fingerprint density at radius 3 is 2.83 bits per heavy atom. The Morgan fingerprint density at radius 1 is 1.39 bits per heavy atom. The molecule has 2 heterocycles. The van der Waals surface area contributed by atoms with E-state index >= 15 is 0 Å². The van der Waals surface area contributed by atoms with Crippen molar-refractivity contribution in [1.82, 2.24) is 10.3 Å². The van der Waals surface area contributed by atoms with Gasteiger partial charge in [-0.2, -0.15) is 0 Å². The van der Waals surface area contributed by atoms with E-state index in [2.05, 4.69) is 58.3 Å². The van der Waals surface area contributed by atoms with Crippen LogP contribution in [0.4, 0.5) is 0 Å². The van der Waals surface area contributed by atoms with Crippen LogP contribution in [0.2, 0.25) is 0 Å². The molecule has 0 bridgehead atoms. The van der Waals surface area contributed by atoms with Gasteiger partial charge >= 0.3 is 0 Å². The molecule has 0 amide bonds. The molecule has 1 atom stereocenters. The van der Waals surface area contributed by atoms with Gasteiger partial charge in [0.25, 0.3) is 0 Å². The van der Waals surface area contributed by atoms with E-state index < -0.39 is 0 Å². The van der Waals surface area contributed by atoms with E-state index in [0.29, 0.717) is 6.04 Å². The maximum absolute atomic E-state index is 4.17. The van der Waals surface area contributed by atoms with Crippen LogP contribution in [0.15, 0.2) is 34.4 Å². The highest BCUT2D eigenvalue weighted by Crippen LogP contribution is 2.27. The van der Waals surface area contributed by atoms with E-state index in [0.717, 1.165) is 13.0 Å². The molecule has 0 aliphatic heterocycles. The predicted molar refractivity (Wildman–Crippen MR) is 81.1 cm³/mol. The van der Waals surface area contributed by atoms with Crippen molar-refractivity contribution in [3.05, 3.63) is 50.4 Å². The van der Waals surface area contributed by atoms with Crippen molar-refractivity contribution in [2.45, 2.75) is 26.3 Å². The molecule has 0 aromatic carbocycles. The fourth-order valence-corrected chi connectivity index (χ4v) is 3.60. The second kappa shape index (κ2) is 6.45. The van der Waals surface area contributed by atoms with E-state index in [9.17, 15) is 0 Å². The van der Waals surface area contributed by atoms with Crippen LogP contribution >= 0.6 is 27.3 Å². The van der Waals surface area contributed by atoms with Gasteiger partial charge in [0, 0.05) is 29.7 Å². The lowest BCUT2D eigenvalue weighted by atomic mass is 10.00. The van der Waals surface area contributed by atoms with Crippen molar-refractivity contribution in [2.24, 2.45) is 0 Å². The zero-order valence-corrected chi connectivity index (χ0v) is 13.0. The van der Waals surface area contributed by atoms with Gasteiger partial charge in [-0.1, -0.05) is 6.92 Å². The molecular formula is C14H17BrN2S. The Morgan fingerprint density at radius 2 is 2.22 bits per heavy atom. The zero-order chi connectivity index (χ0) is 13.0. The molecule has 2 nitrogen and oxygen atoms in total. The first-order valence-electron chi connectivity index (χ1n) is 6.08. The minimum atomic E-state index is 0.364. The van der Waals surface area contributed by atoms with E-state index in [4.69, 9.17) is 0 Å². The summed E-state index contributed by atoms with van der Waals surface area (Å²) in [4.78, 5) is 5.56. The molecule has 2 aromatic heterocycles. The molecule has 0 saturated carbocycles. The third-order valence-corrected chi connectivity index (χ3v) is 4.57. The summed E-state index contributed by atoms with van der Waals surface area (Å²) in [5.74, 6) is 0. The molecule has 4 heteroatoms. The smallest absolute Gasteiger partial charge is 0.0701 e. The van der Waals surface area contributed by atoms with Crippen molar-refractivity contribution in [3.8, 4) is 0 Å². The Kier molecular flexibility index (Phi) is 4.92. The molecular weight excluding hydrogens is 308 g/mol. The fourth-order valence-electron chi connectivity index (χ4n) is 2.08. The Bertz CT molecular complexity index is 510. The third-order valence-electron chi connectivity index (χ3n) is 2.92. The van der Waals surface area contributed by atoms with Gasteiger partial charge in [-0.15, -0.1) is 11.3 Å². The summed E-state index contributed by atoms with van der Waals surface area (Å²) in [5, 5.41) is 3.56. The van der Waals surface area contributed by atoms with Gasteiger partial charge in [0.1, 0.15) is 0 Å². The molecule has 0 spiro atoms. The van der Waals surface area contributed by atoms with E-state index in [1.54, 1.807) is 11.3 Å². The van der Waals surface area contributed by atoms with Crippen LogP contribution in [-0.4, -0.2) is 11.5 Å². The number of hydrogen-bond donors (Lipinski definition) is 1. The highest BCUT2D eigenvalue weighted by atomic mass is 79.9. The lowest BCUT2D eigenvalue weighted by molar-refractivity contribution is 0.550. The third kappa shape index (κ3) is 3.40. The first-order chi connectivity index (χ1) is 8.70. The van der Waals surface area contributed by atoms with Gasteiger partial charge in [0.2, 0.25) is 0 Å². The van der Waals surface area contributed by atoms with Crippen LogP contribution in [0, 0.1) is 6.92 Å². The quantitative estimate of drug-likeness (QED) is 0.895. The van der Waals surface area contributed by atoms with Gasteiger partial charge in [0.05, 0.1) is 3.79 Å². The molecule has 1 unspecified atom stereocenters. The van der Waals surface area contributed by atoms with Crippen LogP contribution in [0.5, 0.6) is 0 Å². The summed E-state index contributed by atoms with van der Waals surface area (Å²) in [6.45, 7) is 5.24. The van der Waals surface area contributed by atoms with Crippen LogP contribution in [0.25, 0.3) is 0 Å². The van der Waals surface area contributed by atoms with Crippen molar-refractivity contribution < 1.29 is 0 Å². The Labute approximate surface area is 121 Å². The van der Waals surface area contributed by atoms with Gasteiger partial charge in [-0.3, -0.25) is 4.98 Å². The molecule has 1 N–H and O–H groups in total. The standard InChI is InChI=1S/C14H17BrN2S/c1-3-17-13(8-11-4-5-14(15)18-11)12-6-7-16-9-10(12)2/h4-7,9,13,17H,3,8H2,1-2H3. The number of aryl methyl sites for hydroxylation is 1. The van der Waals surface area contributed by atoms with E-state index in [1.807, 2.05) is 12.4 Å². The van der Waals surface area contributed by atoms with E-state index in [1.165, 1.54) is 19.8 Å². The van der Waals surface area contributed by atoms with Crippen LogP contribution in [0.1, 0.15) is 29.0 Å². The van der Waals surface area contributed by atoms with Crippen LogP contribution in [0.3, 0.4) is 0 Å². The molecule has 2 aromatic rings. The normalized spacial score (nSPS) is 12.6. The molecule has 0 saturated heterocycles. The fraction of sp³-hybridized carbons (Fsp3) is 0.357. The van der Waals surface area contributed by atoms with Gasteiger partial charge in [-0.05, 0) is 58.7 Å². The summed E-state index contributed by atoms with van der Waals surface area (Å²) in [7, 11) is 0. The molecule has 0 radical (unpaired) electrons. The van der Waals surface area contributed by atoms with Crippen molar-refractivity contribution in [3.63, 3.8) is 0 Å². The van der Waals surface area contributed by atoms with Gasteiger partial charge < -0.3 is 5.32 Å². The number of aromatic nitrogens is 1. The predicted octanol–water partition coefficient (Wildman–Crippen LogP) is 4.11. The molecule has 0 aliphatic carbocycles. The first-order valence-corrected chi connectivity index (χ1v) is 7.69. The molecule has 0 fully saturated rings. The minimum absolute atomic E-state index is 0.364. The molecule has 0 aliphatic rings. The number of rotatable bonds is 5. The monoisotopic (exact) mass is 324 g/mol.